The summed E-state index contributed by atoms with van der Waals surface area (Å²) in [5, 5.41) is 0. The number of hydrogen-bond acceptors (Lipinski definition) is 0. The van der Waals surface area contributed by atoms with Crippen LogP contribution in [0.5, 0.6) is 0 Å². The third-order valence-electron chi connectivity index (χ3n) is 2.35. The molecule has 0 heterocycles. The first-order chi connectivity index (χ1) is 5.60. The molecule has 80 valence electrons. The van der Waals surface area contributed by atoms with Gasteiger partial charge in [-0.2, -0.15) is 0 Å². The molecule has 13 heavy (non-hydrogen) atoms. The molecule has 0 rings (SSSR count). The van der Waals surface area contributed by atoms with Crippen molar-refractivity contribution >= 4 is 18.4 Å². The van der Waals surface area contributed by atoms with E-state index in [0.717, 1.165) is 5.92 Å². The van der Waals surface area contributed by atoms with E-state index in [2.05, 4.69) is 42.5 Å². The molecule has 0 radical (unpaired) electrons. The van der Waals surface area contributed by atoms with Crippen molar-refractivity contribution in [3.05, 3.63) is 0 Å². The van der Waals surface area contributed by atoms with Gasteiger partial charge in [0.2, 0.25) is 0 Å². The summed E-state index contributed by atoms with van der Waals surface area (Å²) in [6, 6.07) is 0. The summed E-state index contributed by atoms with van der Waals surface area (Å²) < 4.78 is 1.56. The molecule has 0 aromatic rings. The van der Waals surface area contributed by atoms with Gasteiger partial charge < -0.3 is 0 Å². The van der Waals surface area contributed by atoms with Crippen LogP contribution in [0.15, 0.2) is 0 Å². The fraction of sp³-hybridized carbons (Fsp3) is 1.00. The second kappa shape index (κ2) is 5.04. The van der Waals surface area contributed by atoms with Crippen LogP contribution >= 0.6 is 0 Å². The van der Waals surface area contributed by atoms with Gasteiger partial charge in [0.15, 0.2) is 0 Å². The summed E-state index contributed by atoms with van der Waals surface area (Å²) in [4.78, 5) is 7.62. The van der Waals surface area contributed by atoms with Crippen molar-refractivity contribution in [2.24, 2.45) is 11.3 Å². The first-order valence-corrected chi connectivity index (χ1v) is 16.2. The van der Waals surface area contributed by atoms with Crippen molar-refractivity contribution in [2.45, 2.75) is 59.8 Å². The summed E-state index contributed by atoms with van der Waals surface area (Å²) >= 11 is -1.46. The topological polar surface area (TPSA) is 0 Å². The van der Waals surface area contributed by atoms with Crippen LogP contribution in [0.3, 0.4) is 0 Å². The van der Waals surface area contributed by atoms with E-state index in [1.54, 1.807) is 4.44 Å². The summed E-state index contributed by atoms with van der Waals surface area (Å²) in [6.07, 6.45) is 2.85. The van der Waals surface area contributed by atoms with Crippen LogP contribution in [0, 0.1) is 11.3 Å². The van der Waals surface area contributed by atoms with Crippen LogP contribution in [-0.4, -0.2) is 18.4 Å². The fourth-order valence-electron chi connectivity index (χ4n) is 1.83. The molecule has 0 aromatic carbocycles. The van der Waals surface area contributed by atoms with Gasteiger partial charge in [-0.1, -0.05) is 0 Å². The predicted molar refractivity (Wildman–Crippen MR) is 66.0 cm³/mol. The monoisotopic (exact) mass is 292 g/mol. The Morgan fingerprint density at radius 3 is 1.85 bits per heavy atom. The normalized spacial score (nSPS) is 15.9. The van der Waals surface area contributed by atoms with E-state index in [4.69, 9.17) is 0 Å². The third-order valence-corrected chi connectivity index (χ3v) is 7.45. The Labute approximate surface area is 89.4 Å². The summed E-state index contributed by atoms with van der Waals surface area (Å²) in [6.45, 7) is 9.47. The maximum absolute atomic E-state index is 2.54. The second-order valence-corrected chi connectivity index (χ2v) is 23.0. The van der Waals surface area contributed by atoms with Gasteiger partial charge in [0, 0.05) is 0 Å². The van der Waals surface area contributed by atoms with Gasteiger partial charge in [-0.3, -0.25) is 0 Å². The molecule has 0 N–H and O–H groups in total. The third kappa shape index (κ3) is 10.7. The van der Waals surface area contributed by atoms with Crippen molar-refractivity contribution < 1.29 is 0 Å². The molecule has 0 spiro atoms. The van der Waals surface area contributed by atoms with Crippen LogP contribution in [-0.2, 0) is 0 Å². The first-order valence-electron chi connectivity index (χ1n) is 5.60. The van der Waals surface area contributed by atoms with E-state index in [1.165, 1.54) is 12.8 Å². The molecule has 0 amide bonds. The molecule has 1 unspecified atom stereocenters. The van der Waals surface area contributed by atoms with Gasteiger partial charge in [-0.25, -0.2) is 0 Å². The summed E-state index contributed by atoms with van der Waals surface area (Å²) in [7, 11) is 0. The average Bonchev–Trinajstić information content (AvgIpc) is 1.78. The van der Waals surface area contributed by atoms with Crippen LogP contribution in [0.4, 0.5) is 0 Å². The van der Waals surface area contributed by atoms with Crippen molar-refractivity contribution in [1.82, 2.24) is 0 Å². The van der Waals surface area contributed by atoms with Gasteiger partial charge in [-0.15, -0.1) is 0 Å². The van der Waals surface area contributed by atoms with Crippen molar-refractivity contribution in [2.75, 3.05) is 0 Å². The molecular weight excluding hydrogens is 263 g/mol. The van der Waals surface area contributed by atoms with Crippen LogP contribution in [0.25, 0.3) is 0 Å². The second-order valence-electron chi connectivity index (χ2n) is 6.97. The minimum atomic E-state index is -1.46. The molecule has 0 fully saturated rings. The van der Waals surface area contributed by atoms with Crippen molar-refractivity contribution in [1.29, 1.82) is 0 Å². The average molecular weight is 291 g/mol. The van der Waals surface area contributed by atoms with E-state index in [0.29, 0.717) is 5.41 Å². The number of hydrogen-bond donors (Lipinski definition) is 0. The molecule has 0 aliphatic carbocycles. The summed E-state index contributed by atoms with van der Waals surface area (Å²) in [5.74, 6) is 0.927. The molecule has 1 heteroatoms. The van der Waals surface area contributed by atoms with Crippen molar-refractivity contribution in [3.63, 3.8) is 0 Å². The Morgan fingerprint density at radius 1 is 1.08 bits per heavy atom. The zero-order valence-electron chi connectivity index (χ0n) is 10.7. The molecule has 0 bridgehead atoms. The zero-order valence-corrected chi connectivity index (χ0v) is 13.6. The Balaban J connectivity index is 3.70. The predicted octanol–water partition coefficient (Wildman–Crippen LogP) is 4.79. The maximum atomic E-state index is 2.54. The number of rotatable bonds is 4. The Bertz CT molecular complexity index is 136. The molecule has 0 nitrogen and oxygen atoms in total. The molecule has 1 atom stereocenters. The van der Waals surface area contributed by atoms with Gasteiger partial charge in [0.1, 0.15) is 0 Å². The molecule has 0 aliphatic heterocycles. The molecule has 0 saturated carbocycles. The van der Waals surface area contributed by atoms with Gasteiger partial charge >= 0.3 is 89.5 Å². The van der Waals surface area contributed by atoms with E-state index >= 15 is 0 Å². The first kappa shape index (κ1) is 13.8. The van der Waals surface area contributed by atoms with Crippen LogP contribution in [0.1, 0.15) is 40.5 Å². The zero-order chi connectivity index (χ0) is 10.7. The standard InChI is InChI=1S/C9H19.3CH3.Sn/c1-6-8(2)7-9(3,4)5;;;;/h8H,1,6-7H2,2-5H3;3*1H3;. The molecule has 0 saturated heterocycles. The van der Waals surface area contributed by atoms with E-state index < -0.39 is 18.4 Å². The Morgan fingerprint density at radius 2 is 1.54 bits per heavy atom. The van der Waals surface area contributed by atoms with Crippen LogP contribution in [0.2, 0.25) is 19.3 Å². The Hall–Kier alpha value is 0.799. The van der Waals surface area contributed by atoms with E-state index in [1.807, 2.05) is 0 Å². The SMILES string of the molecule is CC(C[CH2][Sn]([CH3])([CH3])[CH3])CC(C)(C)C. The summed E-state index contributed by atoms with van der Waals surface area (Å²) in [5.41, 5.74) is 0.521. The van der Waals surface area contributed by atoms with E-state index in [9.17, 15) is 0 Å². The molecule has 0 aliphatic rings. The molecular formula is C12H28Sn. The van der Waals surface area contributed by atoms with Gasteiger partial charge in [-0.05, 0) is 0 Å². The van der Waals surface area contributed by atoms with Gasteiger partial charge in [0.05, 0.1) is 0 Å². The van der Waals surface area contributed by atoms with Crippen molar-refractivity contribution in [3.8, 4) is 0 Å². The van der Waals surface area contributed by atoms with E-state index in [-0.39, 0.29) is 0 Å². The quantitative estimate of drug-likeness (QED) is 0.653. The Kier molecular flexibility index (Phi) is 5.35. The van der Waals surface area contributed by atoms with Crippen LogP contribution < -0.4 is 0 Å². The van der Waals surface area contributed by atoms with Gasteiger partial charge in [0.25, 0.3) is 0 Å². The minimum absolute atomic E-state index is 0.521. The fourth-order valence-corrected chi connectivity index (χ4v) is 5.71. The molecule has 0 aromatic heterocycles.